The van der Waals surface area contributed by atoms with Crippen LogP contribution in [0.2, 0.25) is 5.15 Å². The van der Waals surface area contributed by atoms with Gasteiger partial charge in [0, 0.05) is 19.8 Å². The van der Waals surface area contributed by atoms with Crippen LogP contribution in [0.5, 0.6) is 0 Å². The van der Waals surface area contributed by atoms with Gasteiger partial charge in [0.2, 0.25) is 0 Å². The number of aromatic nitrogens is 2. The summed E-state index contributed by atoms with van der Waals surface area (Å²) >= 11 is 5.78. The summed E-state index contributed by atoms with van der Waals surface area (Å²) in [7, 11) is 1.85. The molecule has 17 heavy (non-hydrogen) atoms. The molecule has 0 aliphatic rings. The lowest BCUT2D eigenvalue weighted by molar-refractivity contribution is 0.902. The van der Waals surface area contributed by atoms with Gasteiger partial charge in [-0.2, -0.15) is 5.26 Å². The lowest BCUT2D eigenvalue weighted by Crippen LogP contribution is -2.00. The molecular formula is C12H11ClN4. The van der Waals surface area contributed by atoms with Gasteiger partial charge in [-0.15, -0.1) is 0 Å². The number of pyridine rings is 1. The summed E-state index contributed by atoms with van der Waals surface area (Å²) in [6.45, 7) is 0.614. The molecule has 0 spiro atoms. The largest absolute Gasteiger partial charge is 0.366 e. The molecule has 2 aromatic heterocycles. The molecule has 4 nitrogen and oxygen atoms in total. The number of hydrogen-bond donors (Lipinski definition) is 1. The van der Waals surface area contributed by atoms with Crippen LogP contribution in [-0.4, -0.2) is 9.55 Å². The van der Waals surface area contributed by atoms with E-state index < -0.39 is 0 Å². The maximum atomic E-state index is 8.83. The maximum absolute atomic E-state index is 8.83. The van der Waals surface area contributed by atoms with Gasteiger partial charge in [-0.1, -0.05) is 17.7 Å². The first-order chi connectivity index (χ1) is 8.19. The van der Waals surface area contributed by atoms with Gasteiger partial charge >= 0.3 is 0 Å². The first kappa shape index (κ1) is 11.5. The van der Waals surface area contributed by atoms with Gasteiger partial charge in [-0.05, 0) is 23.8 Å². The number of nitrogens with one attached hydrogen (secondary N) is 1. The number of nitrogens with zero attached hydrogens (tertiary/aromatic N) is 3. The van der Waals surface area contributed by atoms with Crippen molar-refractivity contribution in [3.05, 3.63) is 46.9 Å². The normalized spacial score (nSPS) is 9.94. The molecule has 0 saturated carbocycles. The molecule has 0 aliphatic heterocycles. The summed E-state index contributed by atoms with van der Waals surface area (Å²) in [5.74, 6) is 0.722. The summed E-state index contributed by atoms with van der Waals surface area (Å²) in [5.41, 5.74) is 1.67. The van der Waals surface area contributed by atoms with Gasteiger partial charge < -0.3 is 9.88 Å². The maximum Gasteiger partial charge on any atom is 0.131 e. The minimum Gasteiger partial charge on any atom is -0.366 e. The molecule has 0 bridgehead atoms. The Morgan fingerprint density at radius 2 is 2.35 bits per heavy atom. The molecule has 86 valence electrons. The SMILES string of the molecule is Cn1cc(CNc2cccc(Cl)n2)cc1C#N. The monoisotopic (exact) mass is 246 g/mol. The third-order valence-corrected chi connectivity index (χ3v) is 2.58. The zero-order valence-corrected chi connectivity index (χ0v) is 10.1. The molecule has 2 heterocycles. The minimum atomic E-state index is 0.459. The lowest BCUT2D eigenvalue weighted by atomic mass is 10.3. The molecule has 2 rings (SSSR count). The Labute approximate surface area is 104 Å². The van der Waals surface area contributed by atoms with Gasteiger partial charge in [0.05, 0.1) is 0 Å². The van der Waals surface area contributed by atoms with Crippen LogP contribution in [0.25, 0.3) is 0 Å². The van der Waals surface area contributed by atoms with Crippen molar-refractivity contribution < 1.29 is 0 Å². The van der Waals surface area contributed by atoms with E-state index in [0.717, 1.165) is 11.4 Å². The van der Waals surface area contributed by atoms with Crippen LogP contribution in [0.4, 0.5) is 5.82 Å². The van der Waals surface area contributed by atoms with Crippen LogP contribution in [0.3, 0.4) is 0 Å². The molecule has 0 unspecified atom stereocenters. The fourth-order valence-corrected chi connectivity index (χ4v) is 1.70. The Balaban J connectivity index is 2.05. The van der Waals surface area contributed by atoms with E-state index in [1.807, 2.05) is 31.4 Å². The Morgan fingerprint density at radius 1 is 1.53 bits per heavy atom. The summed E-state index contributed by atoms with van der Waals surface area (Å²) < 4.78 is 1.79. The van der Waals surface area contributed by atoms with E-state index in [1.54, 1.807) is 10.6 Å². The zero-order chi connectivity index (χ0) is 12.3. The van der Waals surface area contributed by atoms with Crippen molar-refractivity contribution in [2.45, 2.75) is 6.54 Å². The van der Waals surface area contributed by atoms with Crippen LogP contribution in [0.15, 0.2) is 30.5 Å². The molecule has 0 radical (unpaired) electrons. The molecular weight excluding hydrogens is 236 g/mol. The number of hydrogen-bond acceptors (Lipinski definition) is 3. The fourth-order valence-electron chi connectivity index (χ4n) is 1.54. The van der Waals surface area contributed by atoms with Crippen LogP contribution >= 0.6 is 11.6 Å². The van der Waals surface area contributed by atoms with E-state index in [0.29, 0.717) is 17.4 Å². The molecule has 0 aliphatic carbocycles. The van der Waals surface area contributed by atoms with Crippen molar-refractivity contribution in [1.82, 2.24) is 9.55 Å². The fraction of sp³-hybridized carbons (Fsp3) is 0.167. The van der Waals surface area contributed by atoms with E-state index in [2.05, 4.69) is 16.4 Å². The van der Waals surface area contributed by atoms with E-state index in [4.69, 9.17) is 16.9 Å². The van der Waals surface area contributed by atoms with Gasteiger partial charge in [-0.25, -0.2) is 4.98 Å². The van der Waals surface area contributed by atoms with Crippen molar-refractivity contribution in [1.29, 1.82) is 5.26 Å². The highest BCUT2D eigenvalue weighted by atomic mass is 35.5. The first-order valence-electron chi connectivity index (χ1n) is 5.11. The van der Waals surface area contributed by atoms with Crippen molar-refractivity contribution in [2.24, 2.45) is 7.05 Å². The Hall–Kier alpha value is -1.99. The number of rotatable bonds is 3. The first-order valence-corrected chi connectivity index (χ1v) is 5.48. The zero-order valence-electron chi connectivity index (χ0n) is 9.31. The van der Waals surface area contributed by atoms with Gasteiger partial charge in [0.15, 0.2) is 0 Å². The van der Waals surface area contributed by atoms with E-state index in [9.17, 15) is 0 Å². The molecule has 0 aromatic carbocycles. The highest BCUT2D eigenvalue weighted by Crippen LogP contribution is 2.12. The van der Waals surface area contributed by atoms with E-state index >= 15 is 0 Å². The number of anilines is 1. The smallest absolute Gasteiger partial charge is 0.131 e. The second-order valence-electron chi connectivity index (χ2n) is 3.66. The van der Waals surface area contributed by atoms with Crippen molar-refractivity contribution in [2.75, 3.05) is 5.32 Å². The Kier molecular flexibility index (Phi) is 3.31. The topological polar surface area (TPSA) is 53.6 Å². The quantitative estimate of drug-likeness (QED) is 0.847. The molecule has 0 fully saturated rings. The predicted octanol–water partition coefficient (Wildman–Crippen LogP) is 2.56. The van der Waals surface area contributed by atoms with Crippen molar-refractivity contribution >= 4 is 17.4 Å². The summed E-state index contributed by atoms with van der Waals surface area (Å²) in [6, 6.07) is 9.38. The molecule has 0 atom stereocenters. The van der Waals surface area contributed by atoms with Crippen LogP contribution in [-0.2, 0) is 13.6 Å². The van der Waals surface area contributed by atoms with Gasteiger partial charge in [0.25, 0.3) is 0 Å². The third kappa shape index (κ3) is 2.77. The molecule has 5 heteroatoms. The van der Waals surface area contributed by atoms with E-state index in [1.165, 1.54) is 0 Å². The van der Waals surface area contributed by atoms with Crippen LogP contribution < -0.4 is 5.32 Å². The number of nitriles is 1. The summed E-state index contributed by atoms with van der Waals surface area (Å²) in [5, 5.41) is 12.4. The van der Waals surface area contributed by atoms with Gasteiger partial charge in [0.1, 0.15) is 22.7 Å². The average Bonchev–Trinajstić information content (AvgIpc) is 2.67. The third-order valence-electron chi connectivity index (χ3n) is 2.36. The standard InChI is InChI=1S/C12H11ClN4/c1-17-8-9(5-10(17)6-14)7-15-12-4-2-3-11(13)16-12/h2-5,8H,7H2,1H3,(H,15,16). The molecule has 0 amide bonds. The predicted molar refractivity (Wildman–Crippen MR) is 66.7 cm³/mol. The average molecular weight is 247 g/mol. The molecule has 2 aromatic rings. The minimum absolute atomic E-state index is 0.459. The number of aryl methyl sites for hydroxylation is 1. The Morgan fingerprint density at radius 3 is 3.00 bits per heavy atom. The van der Waals surface area contributed by atoms with Crippen LogP contribution in [0.1, 0.15) is 11.3 Å². The van der Waals surface area contributed by atoms with Gasteiger partial charge in [-0.3, -0.25) is 0 Å². The second kappa shape index (κ2) is 4.89. The van der Waals surface area contributed by atoms with E-state index in [-0.39, 0.29) is 0 Å². The molecule has 1 N–H and O–H groups in total. The number of halogens is 1. The van der Waals surface area contributed by atoms with Crippen molar-refractivity contribution in [3.8, 4) is 6.07 Å². The molecule has 0 saturated heterocycles. The highest BCUT2D eigenvalue weighted by molar-refractivity contribution is 6.29. The second-order valence-corrected chi connectivity index (χ2v) is 4.04. The highest BCUT2D eigenvalue weighted by Gasteiger charge is 2.02. The lowest BCUT2D eigenvalue weighted by Gasteiger charge is -2.03. The summed E-state index contributed by atoms with van der Waals surface area (Å²) in [6.07, 6.45) is 1.91. The Bertz CT molecular complexity index is 568. The van der Waals surface area contributed by atoms with Crippen LogP contribution in [0, 0.1) is 11.3 Å². The van der Waals surface area contributed by atoms with Crippen molar-refractivity contribution in [3.63, 3.8) is 0 Å². The summed E-state index contributed by atoms with van der Waals surface area (Å²) in [4.78, 5) is 4.12.